The molecule has 0 spiro atoms. The lowest BCUT2D eigenvalue weighted by atomic mass is 10.0. The number of hydroxylamine groups is 2. The van der Waals surface area contributed by atoms with Crippen molar-refractivity contribution >= 4 is 12.1 Å². The fourth-order valence-electron chi connectivity index (χ4n) is 3.36. The summed E-state index contributed by atoms with van der Waals surface area (Å²) in [4.78, 5) is 31.4. The molecule has 1 atom stereocenters. The van der Waals surface area contributed by atoms with Gasteiger partial charge in [-0.25, -0.2) is 9.18 Å². The molecule has 0 aliphatic rings. The lowest BCUT2D eigenvalue weighted by Gasteiger charge is -2.30. The molecule has 0 fully saturated rings. The summed E-state index contributed by atoms with van der Waals surface area (Å²) in [5, 5.41) is 10.7. The molecular weight excluding hydrogens is 465 g/mol. The van der Waals surface area contributed by atoms with E-state index < -0.39 is 35.3 Å². The molecule has 0 aromatic heterocycles. The van der Waals surface area contributed by atoms with E-state index in [1.54, 1.807) is 20.8 Å². The molecule has 0 saturated carbocycles. The number of halogens is 1. The second-order valence-electron chi connectivity index (χ2n) is 9.22. The summed E-state index contributed by atoms with van der Waals surface area (Å²) in [6.45, 7) is 5.14. The highest BCUT2D eigenvalue weighted by molar-refractivity contribution is 5.76. The Balaban J connectivity index is 1.91. The van der Waals surface area contributed by atoms with E-state index in [2.05, 4.69) is 0 Å². The first-order valence-corrected chi connectivity index (χ1v) is 11.5. The van der Waals surface area contributed by atoms with Gasteiger partial charge in [-0.3, -0.25) is 4.79 Å². The quantitative estimate of drug-likeness (QED) is 0.307. The zero-order valence-corrected chi connectivity index (χ0v) is 20.5. The van der Waals surface area contributed by atoms with Crippen molar-refractivity contribution in [2.24, 2.45) is 0 Å². The molecule has 0 radical (unpaired) electrons. The molecule has 1 unspecified atom stereocenters. The third-order valence-electron chi connectivity index (χ3n) is 5.05. The number of rotatable bonds is 9. The standard InChI is InChI=1S/C28H30FNO6/c1-28(2,3)35-27(33)36-30(18-20-10-6-4-7-11-20)24(17-22-14-15-25(31)23(29)16-22)26(32)34-19-21-12-8-5-9-13-21/h4-16,24,31H,17-19H2,1-3H3. The smallest absolute Gasteiger partial charge is 0.505 e. The summed E-state index contributed by atoms with van der Waals surface area (Å²) in [5.41, 5.74) is 1.12. The Kier molecular flexibility index (Phi) is 9.02. The van der Waals surface area contributed by atoms with Gasteiger partial charge in [-0.15, -0.1) is 5.06 Å². The fourth-order valence-corrected chi connectivity index (χ4v) is 3.36. The van der Waals surface area contributed by atoms with E-state index in [1.165, 1.54) is 17.2 Å². The number of carbonyl (C=O) groups excluding carboxylic acids is 2. The number of carbonyl (C=O) groups is 2. The molecule has 0 heterocycles. The Labute approximate surface area is 210 Å². The summed E-state index contributed by atoms with van der Waals surface area (Å²) < 4.78 is 24.9. The highest BCUT2D eigenvalue weighted by Gasteiger charge is 2.33. The van der Waals surface area contributed by atoms with E-state index in [0.29, 0.717) is 5.56 Å². The van der Waals surface area contributed by atoms with Crippen molar-refractivity contribution in [2.45, 2.75) is 52.0 Å². The van der Waals surface area contributed by atoms with Gasteiger partial charge in [-0.05, 0) is 49.6 Å². The molecular formula is C28H30FNO6. The molecule has 0 bridgehead atoms. The van der Waals surface area contributed by atoms with E-state index in [9.17, 15) is 19.1 Å². The maximum Gasteiger partial charge on any atom is 0.528 e. The number of esters is 1. The number of phenols is 1. The van der Waals surface area contributed by atoms with Crippen molar-refractivity contribution < 1.29 is 33.4 Å². The zero-order chi connectivity index (χ0) is 26.1. The Morgan fingerprint density at radius 1 is 0.917 bits per heavy atom. The van der Waals surface area contributed by atoms with Gasteiger partial charge >= 0.3 is 12.1 Å². The first-order chi connectivity index (χ1) is 17.1. The molecule has 3 aromatic rings. The Hall–Kier alpha value is -3.91. The van der Waals surface area contributed by atoms with Gasteiger partial charge in [0.25, 0.3) is 0 Å². The fraction of sp³-hybridized carbons (Fsp3) is 0.286. The van der Waals surface area contributed by atoms with Crippen LogP contribution in [0.25, 0.3) is 0 Å². The van der Waals surface area contributed by atoms with Crippen LogP contribution in [0.3, 0.4) is 0 Å². The summed E-state index contributed by atoms with van der Waals surface area (Å²) >= 11 is 0. The number of aromatic hydroxyl groups is 1. The van der Waals surface area contributed by atoms with Crippen LogP contribution in [0.15, 0.2) is 78.9 Å². The van der Waals surface area contributed by atoms with Crippen molar-refractivity contribution in [3.05, 3.63) is 101 Å². The van der Waals surface area contributed by atoms with Crippen LogP contribution in [0, 0.1) is 5.82 Å². The van der Waals surface area contributed by atoms with Gasteiger partial charge in [0.2, 0.25) is 0 Å². The monoisotopic (exact) mass is 495 g/mol. The molecule has 0 saturated heterocycles. The first kappa shape index (κ1) is 26.7. The summed E-state index contributed by atoms with van der Waals surface area (Å²) in [7, 11) is 0. The first-order valence-electron chi connectivity index (χ1n) is 11.5. The number of ether oxygens (including phenoxy) is 2. The van der Waals surface area contributed by atoms with Crippen molar-refractivity contribution in [3.63, 3.8) is 0 Å². The van der Waals surface area contributed by atoms with Crippen molar-refractivity contribution in [3.8, 4) is 5.75 Å². The van der Waals surface area contributed by atoms with Crippen LogP contribution in [0.1, 0.15) is 37.5 Å². The molecule has 1 N–H and O–H groups in total. The van der Waals surface area contributed by atoms with Crippen LogP contribution in [0.5, 0.6) is 5.75 Å². The Morgan fingerprint density at radius 2 is 1.53 bits per heavy atom. The van der Waals surface area contributed by atoms with E-state index in [0.717, 1.165) is 17.2 Å². The number of benzene rings is 3. The van der Waals surface area contributed by atoms with Gasteiger partial charge in [0.05, 0.1) is 6.54 Å². The molecule has 36 heavy (non-hydrogen) atoms. The van der Waals surface area contributed by atoms with E-state index in [4.69, 9.17) is 14.3 Å². The zero-order valence-electron chi connectivity index (χ0n) is 20.5. The van der Waals surface area contributed by atoms with Gasteiger partial charge in [-0.1, -0.05) is 66.7 Å². The predicted molar refractivity (Wildman–Crippen MR) is 131 cm³/mol. The predicted octanol–water partition coefficient (Wildman–Crippen LogP) is 5.55. The average Bonchev–Trinajstić information content (AvgIpc) is 2.83. The summed E-state index contributed by atoms with van der Waals surface area (Å²) in [6.07, 6.45) is -1.04. The molecule has 7 nitrogen and oxygen atoms in total. The lowest BCUT2D eigenvalue weighted by Crippen LogP contribution is -2.45. The minimum Gasteiger partial charge on any atom is -0.505 e. The molecule has 3 aromatic carbocycles. The highest BCUT2D eigenvalue weighted by Crippen LogP contribution is 2.22. The van der Waals surface area contributed by atoms with Crippen LogP contribution in [0.2, 0.25) is 0 Å². The van der Waals surface area contributed by atoms with Gasteiger partial charge in [0, 0.05) is 6.42 Å². The van der Waals surface area contributed by atoms with Crippen LogP contribution in [-0.4, -0.2) is 33.9 Å². The van der Waals surface area contributed by atoms with Crippen molar-refractivity contribution in [1.82, 2.24) is 5.06 Å². The minimum absolute atomic E-state index is 0.00568. The van der Waals surface area contributed by atoms with Crippen molar-refractivity contribution in [2.75, 3.05) is 0 Å². The number of hydrogen-bond acceptors (Lipinski definition) is 7. The van der Waals surface area contributed by atoms with E-state index in [-0.39, 0.29) is 19.6 Å². The SMILES string of the molecule is CC(C)(C)OC(=O)ON(Cc1ccccc1)C(Cc1ccc(O)c(F)c1)C(=O)OCc1ccccc1. The lowest BCUT2D eigenvalue weighted by molar-refractivity contribution is -0.192. The maximum atomic E-state index is 14.1. The average molecular weight is 496 g/mol. The maximum absolute atomic E-state index is 14.1. The third-order valence-corrected chi connectivity index (χ3v) is 5.05. The van der Waals surface area contributed by atoms with Crippen LogP contribution in [-0.2, 0) is 38.7 Å². The molecule has 3 rings (SSSR count). The highest BCUT2D eigenvalue weighted by atomic mass is 19.1. The van der Waals surface area contributed by atoms with Crippen molar-refractivity contribution in [1.29, 1.82) is 0 Å². The van der Waals surface area contributed by atoms with E-state index >= 15 is 0 Å². The molecule has 0 aliphatic heterocycles. The molecule has 0 amide bonds. The van der Waals surface area contributed by atoms with Gasteiger partial charge in [0.1, 0.15) is 18.2 Å². The third kappa shape index (κ3) is 8.39. The normalized spacial score (nSPS) is 12.1. The molecule has 0 aliphatic carbocycles. The number of nitrogens with zero attached hydrogens (tertiary/aromatic N) is 1. The molecule has 8 heteroatoms. The van der Waals surface area contributed by atoms with Gasteiger partial charge < -0.3 is 19.4 Å². The summed E-state index contributed by atoms with van der Waals surface area (Å²) in [6, 6.07) is 20.9. The van der Waals surface area contributed by atoms with Gasteiger partial charge in [-0.2, -0.15) is 0 Å². The second-order valence-corrected chi connectivity index (χ2v) is 9.22. The number of phenolic OH excluding ortho intramolecular Hbond substituents is 1. The minimum atomic E-state index is -1.13. The Morgan fingerprint density at radius 3 is 2.11 bits per heavy atom. The number of hydrogen-bond donors (Lipinski definition) is 1. The Bertz CT molecular complexity index is 1150. The van der Waals surface area contributed by atoms with Crippen LogP contribution in [0.4, 0.5) is 9.18 Å². The largest absolute Gasteiger partial charge is 0.528 e. The second kappa shape index (κ2) is 12.2. The van der Waals surface area contributed by atoms with Crippen LogP contribution >= 0.6 is 0 Å². The van der Waals surface area contributed by atoms with E-state index in [1.807, 2.05) is 60.7 Å². The van der Waals surface area contributed by atoms with Crippen LogP contribution < -0.4 is 0 Å². The topological polar surface area (TPSA) is 85.3 Å². The van der Waals surface area contributed by atoms with Gasteiger partial charge in [0.15, 0.2) is 11.6 Å². The molecule has 190 valence electrons. The summed E-state index contributed by atoms with van der Waals surface area (Å²) in [5.74, 6) is -2.01.